The van der Waals surface area contributed by atoms with E-state index in [1.165, 1.54) is 19.6 Å². The molecule has 0 aliphatic carbocycles. The second-order valence-electron chi connectivity index (χ2n) is 3.92. The Bertz CT molecular complexity index is 123. The molecule has 0 saturated carbocycles. The maximum absolute atomic E-state index is 2.55. The first-order valence-corrected chi connectivity index (χ1v) is 5.55. The van der Waals surface area contributed by atoms with Gasteiger partial charge >= 0.3 is 0 Å². The smallest absolute Gasteiger partial charge is 0.0192 e. The highest BCUT2D eigenvalue weighted by Crippen LogP contribution is 2.09. The maximum Gasteiger partial charge on any atom is 0.0192 e. The molecular formula is C11H26N2. The monoisotopic (exact) mass is 186 g/mol. The lowest BCUT2D eigenvalue weighted by molar-refractivity contribution is 0.0832. The van der Waals surface area contributed by atoms with E-state index in [0.29, 0.717) is 6.04 Å². The predicted molar refractivity (Wildman–Crippen MR) is 60.1 cm³/mol. The Labute approximate surface area is 83.9 Å². The van der Waals surface area contributed by atoms with E-state index in [-0.39, 0.29) is 0 Å². The minimum absolute atomic E-state index is 0.714. The average molecular weight is 186 g/mol. The van der Waals surface area contributed by atoms with Crippen LogP contribution < -0.4 is 0 Å². The van der Waals surface area contributed by atoms with E-state index in [2.05, 4.69) is 37.6 Å². The molecule has 1 heterocycles. The van der Waals surface area contributed by atoms with Gasteiger partial charge in [0.2, 0.25) is 0 Å². The second-order valence-corrected chi connectivity index (χ2v) is 3.92. The summed E-state index contributed by atoms with van der Waals surface area (Å²) in [7, 11) is 2.21. The van der Waals surface area contributed by atoms with Crippen LogP contribution in [0.5, 0.6) is 0 Å². The van der Waals surface area contributed by atoms with Gasteiger partial charge in [0.1, 0.15) is 0 Å². The summed E-state index contributed by atoms with van der Waals surface area (Å²) in [6.45, 7) is 14.5. The SMILES string of the molecule is CC.CC1CN(C(C)C)CCN1C. The molecule has 80 valence electrons. The number of hydrogen-bond donors (Lipinski definition) is 0. The van der Waals surface area contributed by atoms with Crippen LogP contribution in [0.25, 0.3) is 0 Å². The first-order valence-electron chi connectivity index (χ1n) is 5.55. The topological polar surface area (TPSA) is 6.48 Å². The lowest BCUT2D eigenvalue weighted by atomic mass is 10.2. The van der Waals surface area contributed by atoms with Crippen LogP contribution in [-0.2, 0) is 0 Å². The number of likely N-dealkylation sites (N-methyl/N-ethyl adjacent to an activating group) is 1. The first-order chi connectivity index (χ1) is 6.11. The Morgan fingerprint density at radius 1 is 1.15 bits per heavy atom. The molecule has 2 nitrogen and oxygen atoms in total. The Balaban J connectivity index is 0.000000671. The van der Waals surface area contributed by atoms with E-state index in [1.807, 2.05) is 13.8 Å². The molecule has 0 aromatic carbocycles. The molecule has 1 unspecified atom stereocenters. The van der Waals surface area contributed by atoms with Crippen LogP contribution in [0, 0.1) is 0 Å². The summed E-state index contributed by atoms with van der Waals surface area (Å²) in [6, 6.07) is 1.44. The van der Waals surface area contributed by atoms with Gasteiger partial charge in [-0.2, -0.15) is 0 Å². The van der Waals surface area contributed by atoms with Crippen LogP contribution in [0.2, 0.25) is 0 Å². The van der Waals surface area contributed by atoms with Gasteiger partial charge in [-0.05, 0) is 27.8 Å². The van der Waals surface area contributed by atoms with Gasteiger partial charge < -0.3 is 4.90 Å². The van der Waals surface area contributed by atoms with Crippen LogP contribution in [0.4, 0.5) is 0 Å². The van der Waals surface area contributed by atoms with E-state index in [4.69, 9.17) is 0 Å². The highest BCUT2D eigenvalue weighted by atomic mass is 15.3. The lowest BCUT2D eigenvalue weighted by Gasteiger charge is -2.39. The minimum Gasteiger partial charge on any atom is -0.301 e. The van der Waals surface area contributed by atoms with Crippen molar-refractivity contribution in [3.63, 3.8) is 0 Å². The Morgan fingerprint density at radius 2 is 1.69 bits per heavy atom. The molecule has 1 fully saturated rings. The van der Waals surface area contributed by atoms with Gasteiger partial charge in [0, 0.05) is 31.7 Å². The van der Waals surface area contributed by atoms with Crippen LogP contribution >= 0.6 is 0 Å². The molecule has 1 rings (SSSR count). The highest BCUT2D eigenvalue weighted by Gasteiger charge is 2.21. The zero-order valence-electron chi connectivity index (χ0n) is 10.2. The van der Waals surface area contributed by atoms with Gasteiger partial charge in [0.25, 0.3) is 0 Å². The number of rotatable bonds is 1. The second kappa shape index (κ2) is 6.39. The van der Waals surface area contributed by atoms with Gasteiger partial charge in [0.05, 0.1) is 0 Å². The van der Waals surface area contributed by atoms with Crippen LogP contribution in [0.3, 0.4) is 0 Å². The molecule has 1 saturated heterocycles. The summed E-state index contributed by atoms with van der Waals surface area (Å²) in [4.78, 5) is 4.98. The molecular weight excluding hydrogens is 160 g/mol. The molecule has 13 heavy (non-hydrogen) atoms. The number of piperazine rings is 1. The summed E-state index contributed by atoms with van der Waals surface area (Å²) in [5.74, 6) is 0. The fourth-order valence-electron chi connectivity index (χ4n) is 1.55. The third-order valence-corrected chi connectivity index (χ3v) is 2.72. The Kier molecular flexibility index (Phi) is 6.35. The van der Waals surface area contributed by atoms with E-state index >= 15 is 0 Å². The fraction of sp³-hybridized carbons (Fsp3) is 1.00. The lowest BCUT2D eigenvalue weighted by Crippen LogP contribution is -2.52. The Hall–Kier alpha value is -0.0800. The van der Waals surface area contributed by atoms with Crippen LogP contribution in [-0.4, -0.2) is 48.6 Å². The largest absolute Gasteiger partial charge is 0.301 e. The summed E-state index contributed by atoms with van der Waals surface area (Å²) >= 11 is 0. The van der Waals surface area contributed by atoms with Crippen molar-refractivity contribution in [1.29, 1.82) is 0 Å². The molecule has 1 atom stereocenters. The van der Waals surface area contributed by atoms with Crippen molar-refractivity contribution in [2.75, 3.05) is 26.7 Å². The quantitative estimate of drug-likeness (QED) is 0.618. The van der Waals surface area contributed by atoms with E-state index in [1.54, 1.807) is 0 Å². The summed E-state index contributed by atoms with van der Waals surface area (Å²) in [5.41, 5.74) is 0. The summed E-state index contributed by atoms with van der Waals surface area (Å²) in [5, 5.41) is 0. The van der Waals surface area contributed by atoms with E-state index in [9.17, 15) is 0 Å². The molecule has 1 aliphatic rings. The maximum atomic E-state index is 2.55. The van der Waals surface area contributed by atoms with Crippen LogP contribution in [0.1, 0.15) is 34.6 Å². The van der Waals surface area contributed by atoms with Crippen molar-refractivity contribution in [3.05, 3.63) is 0 Å². The normalized spacial score (nSPS) is 25.6. The van der Waals surface area contributed by atoms with E-state index < -0.39 is 0 Å². The van der Waals surface area contributed by atoms with Crippen molar-refractivity contribution in [2.24, 2.45) is 0 Å². The van der Waals surface area contributed by atoms with Gasteiger partial charge in [0.15, 0.2) is 0 Å². The molecule has 0 aromatic heterocycles. The number of hydrogen-bond acceptors (Lipinski definition) is 2. The third kappa shape index (κ3) is 4.10. The molecule has 0 bridgehead atoms. The van der Waals surface area contributed by atoms with Crippen molar-refractivity contribution in [1.82, 2.24) is 9.80 Å². The average Bonchev–Trinajstić information content (AvgIpc) is 2.13. The van der Waals surface area contributed by atoms with Crippen LogP contribution in [0.15, 0.2) is 0 Å². The van der Waals surface area contributed by atoms with Gasteiger partial charge in [-0.15, -0.1) is 0 Å². The molecule has 0 spiro atoms. The molecule has 0 N–H and O–H groups in total. The van der Waals surface area contributed by atoms with Gasteiger partial charge in [-0.1, -0.05) is 13.8 Å². The molecule has 0 radical (unpaired) electrons. The zero-order chi connectivity index (χ0) is 10.4. The Morgan fingerprint density at radius 3 is 2.08 bits per heavy atom. The standard InChI is InChI=1S/C9H20N2.C2H6/c1-8(2)11-6-5-10(4)9(3)7-11;1-2/h8-9H,5-7H2,1-4H3;1-2H3. The van der Waals surface area contributed by atoms with E-state index in [0.717, 1.165) is 6.04 Å². The third-order valence-electron chi connectivity index (χ3n) is 2.72. The van der Waals surface area contributed by atoms with Crippen molar-refractivity contribution in [2.45, 2.75) is 46.7 Å². The van der Waals surface area contributed by atoms with Crippen molar-refractivity contribution >= 4 is 0 Å². The summed E-state index contributed by atoms with van der Waals surface area (Å²) in [6.07, 6.45) is 0. The zero-order valence-corrected chi connectivity index (χ0v) is 10.2. The molecule has 1 aliphatic heterocycles. The summed E-state index contributed by atoms with van der Waals surface area (Å²) < 4.78 is 0. The molecule has 0 aromatic rings. The fourth-order valence-corrected chi connectivity index (χ4v) is 1.55. The number of nitrogens with zero attached hydrogens (tertiary/aromatic N) is 2. The molecule has 2 heteroatoms. The van der Waals surface area contributed by atoms with Crippen molar-refractivity contribution < 1.29 is 0 Å². The highest BCUT2D eigenvalue weighted by molar-refractivity contribution is 4.78. The van der Waals surface area contributed by atoms with Gasteiger partial charge in [-0.25, -0.2) is 0 Å². The molecule has 0 amide bonds. The predicted octanol–water partition coefficient (Wildman–Crippen LogP) is 2.06. The van der Waals surface area contributed by atoms with Gasteiger partial charge in [-0.3, -0.25) is 4.90 Å². The first kappa shape index (κ1) is 12.9. The minimum atomic E-state index is 0.714. The van der Waals surface area contributed by atoms with Crippen molar-refractivity contribution in [3.8, 4) is 0 Å².